The SMILES string of the molecule is CCOc1cc(/C=C2/SC(=O)N(c3cccc(Cl)c3)C2=O)cc(Br)c1OCC. The fraction of sp³-hybridized carbons (Fsp3) is 0.200. The van der Waals surface area contributed by atoms with Gasteiger partial charge in [0.15, 0.2) is 11.5 Å². The van der Waals surface area contributed by atoms with Gasteiger partial charge < -0.3 is 9.47 Å². The summed E-state index contributed by atoms with van der Waals surface area (Å²) in [6.07, 6.45) is 1.67. The number of hydrogen-bond donors (Lipinski definition) is 0. The van der Waals surface area contributed by atoms with Crippen LogP contribution in [0.5, 0.6) is 11.5 Å². The summed E-state index contributed by atoms with van der Waals surface area (Å²) < 4.78 is 12.0. The van der Waals surface area contributed by atoms with Crippen LogP contribution in [-0.2, 0) is 4.79 Å². The minimum atomic E-state index is -0.389. The van der Waals surface area contributed by atoms with E-state index in [0.717, 1.165) is 22.2 Å². The van der Waals surface area contributed by atoms with Crippen molar-refractivity contribution in [1.82, 2.24) is 0 Å². The van der Waals surface area contributed by atoms with Crippen molar-refractivity contribution in [1.29, 1.82) is 0 Å². The normalized spacial score (nSPS) is 15.4. The maximum Gasteiger partial charge on any atom is 0.298 e. The molecule has 0 aliphatic carbocycles. The maximum absolute atomic E-state index is 12.8. The number of nitrogens with zero attached hydrogens (tertiary/aromatic N) is 1. The van der Waals surface area contributed by atoms with Gasteiger partial charge in [0.05, 0.1) is 28.3 Å². The molecule has 2 aromatic rings. The molecule has 146 valence electrons. The quantitative estimate of drug-likeness (QED) is 0.463. The first kappa shape index (κ1) is 20.8. The summed E-state index contributed by atoms with van der Waals surface area (Å²) in [6, 6.07) is 10.2. The van der Waals surface area contributed by atoms with Crippen molar-refractivity contribution in [2.24, 2.45) is 0 Å². The molecular weight excluding hydrogens is 466 g/mol. The van der Waals surface area contributed by atoms with Crippen LogP contribution in [0.25, 0.3) is 6.08 Å². The predicted molar refractivity (Wildman–Crippen MR) is 116 cm³/mol. The molecule has 0 bridgehead atoms. The Morgan fingerprint density at radius 2 is 1.89 bits per heavy atom. The van der Waals surface area contributed by atoms with Crippen molar-refractivity contribution in [2.45, 2.75) is 13.8 Å². The van der Waals surface area contributed by atoms with Gasteiger partial charge in [-0.3, -0.25) is 9.59 Å². The third-order valence-electron chi connectivity index (χ3n) is 3.78. The maximum atomic E-state index is 12.8. The minimum absolute atomic E-state index is 0.323. The number of thioether (sulfide) groups is 1. The zero-order chi connectivity index (χ0) is 20.3. The van der Waals surface area contributed by atoms with Gasteiger partial charge in [0.25, 0.3) is 11.1 Å². The van der Waals surface area contributed by atoms with Crippen molar-refractivity contribution in [2.75, 3.05) is 18.1 Å². The number of benzene rings is 2. The Balaban J connectivity index is 1.95. The lowest BCUT2D eigenvalue weighted by atomic mass is 10.1. The van der Waals surface area contributed by atoms with Crippen LogP contribution in [0.3, 0.4) is 0 Å². The molecule has 0 N–H and O–H groups in total. The van der Waals surface area contributed by atoms with Crippen LogP contribution in [0.1, 0.15) is 19.4 Å². The van der Waals surface area contributed by atoms with E-state index in [2.05, 4.69) is 15.9 Å². The van der Waals surface area contributed by atoms with Crippen molar-refractivity contribution < 1.29 is 19.1 Å². The number of carbonyl (C=O) groups is 2. The number of imide groups is 1. The molecule has 5 nitrogen and oxygen atoms in total. The molecule has 1 saturated heterocycles. The Morgan fingerprint density at radius 1 is 1.14 bits per heavy atom. The zero-order valence-electron chi connectivity index (χ0n) is 15.2. The van der Waals surface area contributed by atoms with E-state index in [9.17, 15) is 9.59 Å². The molecule has 1 fully saturated rings. The van der Waals surface area contributed by atoms with Gasteiger partial charge in [-0.15, -0.1) is 0 Å². The first-order chi connectivity index (χ1) is 13.4. The minimum Gasteiger partial charge on any atom is -0.490 e. The van der Waals surface area contributed by atoms with Gasteiger partial charge in [0.1, 0.15) is 0 Å². The molecule has 0 radical (unpaired) electrons. The lowest BCUT2D eigenvalue weighted by molar-refractivity contribution is -0.113. The van der Waals surface area contributed by atoms with Gasteiger partial charge in [0, 0.05) is 5.02 Å². The Labute approximate surface area is 180 Å². The first-order valence-electron chi connectivity index (χ1n) is 8.57. The van der Waals surface area contributed by atoms with E-state index in [1.807, 2.05) is 19.9 Å². The Kier molecular flexibility index (Phi) is 6.69. The summed E-state index contributed by atoms with van der Waals surface area (Å²) in [5, 5.41) is 0.0888. The fourth-order valence-electron chi connectivity index (χ4n) is 2.68. The smallest absolute Gasteiger partial charge is 0.298 e. The van der Waals surface area contributed by atoms with Crippen LogP contribution in [0.4, 0.5) is 10.5 Å². The number of ether oxygens (including phenoxy) is 2. The van der Waals surface area contributed by atoms with Gasteiger partial charge >= 0.3 is 0 Å². The van der Waals surface area contributed by atoms with E-state index in [-0.39, 0.29) is 11.1 Å². The van der Waals surface area contributed by atoms with Gasteiger partial charge in [-0.1, -0.05) is 17.7 Å². The zero-order valence-corrected chi connectivity index (χ0v) is 18.4. The number of carbonyl (C=O) groups excluding carboxylic acids is 2. The van der Waals surface area contributed by atoms with Crippen LogP contribution >= 0.6 is 39.3 Å². The molecule has 8 heteroatoms. The molecule has 1 aliphatic heterocycles. The monoisotopic (exact) mass is 481 g/mol. The van der Waals surface area contributed by atoms with Crippen LogP contribution in [0.2, 0.25) is 5.02 Å². The molecule has 0 aromatic heterocycles. The van der Waals surface area contributed by atoms with E-state index >= 15 is 0 Å². The highest BCUT2D eigenvalue weighted by molar-refractivity contribution is 9.10. The van der Waals surface area contributed by atoms with Crippen molar-refractivity contribution in [3.05, 3.63) is 56.4 Å². The number of anilines is 1. The summed E-state index contributed by atoms with van der Waals surface area (Å²) in [7, 11) is 0. The predicted octanol–water partition coefficient (Wildman–Crippen LogP) is 6.14. The summed E-state index contributed by atoms with van der Waals surface area (Å²) in [5.74, 6) is 0.785. The van der Waals surface area contributed by atoms with E-state index in [0.29, 0.717) is 44.8 Å². The first-order valence-corrected chi connectivity index (χ1v) is 10.6. The third-order valence-corrected chi connectivity index (χ3v) is 5.47. The van der Waals surface area contributed by atoms with Gasteiger partial charge in [-0.2, -0.15) is 0 Å². The van der Waals surface area contributed by atoms with Gasteiger partial charge in [-0.05, 0) is 83.5 Å². The highest BCUT2D eigenvalue weighted by atomic mass is 79.9. The Morgan fingerprint density at radius 3 is 2.57 bits per heavy atom. The number of hydrogen-bond acceptors (Lipinski definition) is 5. The molecule has 1 heterocycles. The molecule has 0 unspecified atom stereocenters. The van der Waals surface area contributed by atoms with Crippen LogP contribution < -0.4 is 14.4 Å². The number of rotatable bonds is 6. The van der Waals surface area contributed by atoms with E-state index in [1.54, 1.807) is 36.4 Å². The highest BCUT2D eigenvalue weighted by Crippen LogP contribution is 2.40. The highest BCUT2D eigenvalue weighted by Gasteiger charge is 2.36. The molecule has 2 aromatic carbocycles. The Hall–Kier alpha value is -1.96. The van der Waals surface area contributed by atoms with Crippen molar-refractivity contribution >= 4 is 62.2 Å². The molecule has 0 saturated carbocycles. The van der Waals surface area contributed by atoms with Gasteiger partial charge in [0.2, 0.25) is 0 Å². The molecule has 2 amide bonds. The van der Waals surface area contributed by atoms with Crippen LogP contribution in [0, 0.1) is 0 Å². The summed E-state index contributed by atoms with van der Waals surface area (Å²) in [6.45, 7) is 4.74. The molecule has 0 spiro atoms. The standard InChI is InChI=1S/C20H17BrClNO4S/c1-3-26-16-9-12(8-15(21)18(16)27-4-2)10-17-19(24)23(20(25)28-17)14-7-5-6-13(22)11-14/h5-11H,3-4H2,1-2H3/b17-10+. The summed E-state index contributed by atoms with van der Waals surface area (Å²) in [5.41, 5.74) is 1.16. The molecule has 1 aliphatic rings. The van der Waals surface area contributed by atoms with E-state index in [4.69, 9.17) is 21.1 Å². The molecule has 28 heavy (non-hydrogen) atoms. The second-order valence-electron chi connectivity index (χ2n) is 5.69. The second-order valence-corrected chi connectivity index (χ2v) is 7.98. The van der Waals surface area contributed by atoms with Crippen LogP contribution in [0.15, 0.2) is 45.8 Å². The van der Waals surface area contributed by atoms with E-state index < -0.39 is 0 Å². The fourth-order valence-corrected chi connectivity index (χ4v) is 4.28. The molecule has 3 rings (SSSR count). The molecular formula is C20H17BrClNO4S. The lowest BCUT2D eigenvalue weighted by Gasteiger charge is -2.14. The summed E-state index contributed by atoms with van der Waals surface area (Å²) in [4.78, 5) is 26.6. The summed E-state index contributed by atoms with van der Waals surface area (Å²) >= 11 is 10.4. The third kappa shape index (κ3) is 4.37. The second kappa shape index (κ2) is 9.03. The molecule has 0 atom stereocenters. The van der Waals surface area contributed by atoms with Gasteiger partial charge in [-0.25, -0.2) is 4.90 Å². The van der Waals surface area contributed by atoms with E-state index in [1.165, 1.54) is 0 Å². The number of amides is 2. The van der Waals surface area contributed by atoms with Crippen LogP contribution in [-0.4, -0.2) is 24.4 Å². The van der Waals surface area contributed by atoms with Crippen molar-refractivity contribution in [3.63, 3.8) is 0 Å². The topological polar surface area (TPSA) is 55.8 Å². The Bertz CT molecular complexity index is 963. The average molecular weight is 483 g/mol. The number of halogens is 2. The largest absolute Gasteiger partial charge is 0.490 e. The average Bonchev–Trinajstić information content (AvgIpc) is 2.91. The lowest BCUT2D eigenvalue weighted by Crippen LogP contribution is -2.27. The van der Waals surface area contributed by atoms with Crippen molar-refractivity contribution in [3.8, 4) is 11.5 Å².